The van der Waals surface area contributed by atoms with Gasteiger partial charge in [-0.1, -0.05) is 29.3 Å². The van der Waals surface area contributed by atoms with Crippen LogP contribution in [-0.2, 0) is 20.7 Å². The number of hydrogen-bond donors (Lipinski definition) is 0. The van der Waals surface area contributed by atoms with E-state index in [0.717, 1.165) is 11.8 Å². The lowest BCUT2D eigenvalue weighted by Gasteiger charge is -2.06. The molecule has 0 aromatic heterocycles. The van der Waals surface area contributed by atoms with Crippen molar-refractivity contribution in [2.75, 3.05) is 12.9 Å². The summed E-state index contributed by atoms with van der Waals surface area (Å²) >= 11 is 11.9. The van der Waals surface area contributed by atoms with Gasteiger partial charge in [0.2, 0.25) is 0 Å². The van der Waals surface area contributed by atoms with Crippen LogP contribution in [0.2, 0.25) is 10.0 Å². The molecule has 0 aliphatic heterocycles. The van der Waals surface area contributed by atoms with Gasteiger partial charge >= 0.3 is 0 Å². The predicted molar refractivity (Wildman–Crippen MR) is 65.6 cm³/mol. The van der Waals surface area contributed by atoms with Crippen molar-refractivity contribution < 1.29 is 12.6 Å². The van der Waals surface area contributed by atoms with Crippen molar-refractivity contribution in [3.63, 3.8) is 0 Å². The fourth-order valence-electron chi connectivity index (χ4n) is 1.23. The minimum atomic E-state index is -3.36. The summed E-state index contributed by atoms with van der Waals surface area (Å²) in [6.07, 6.45) is 2.17. The number of hydrogen-bond acceptors (Lipinski definition) is 3. The first-order chi connectivity index (χ1) is 7.40. The molecule has 0 unspecified atom stereocenters. The molecular formula is C10H12Cl2O3S. The second kappa shape index (κ2) is 5.87. The monoisotopic (exact) mass is 282 g/mol. The zero-order chi connectivity index (χ0) is 12.2. The van der Waals surface area contributed by atoms with Crippen molar-refractivity contribution >= 4 is 33.3 Å². The zero-order valence-electron chi connectivity index (χ0n) is 8.74. The van der Waals surface area contributed by atoms with Crippen molar-refractivity contribution in [3.05, 3.63) is 33.8 Å². The fourth-order valence-corrected chi connectivity index (χ4v) is 2.24. The Balaban J connectivity index is 2.49. The zero-order valence-corrected chi connectivity index (χ0v) is 11.1. The molecule has 1 aromatic rings. The van der Waals surface area contributed by atoms with E-state index in [4.69, 9.17) is 23.2 Å². The van der Waals surface area contributed by atoms with Crippen LogP contribution >= 0.6 is 23.2 Å². The summed E-state index contributed by atoms with van der Waals surface area (Å²) < 4.78 is 26.0. The minimum Gasteiger partial charge on any atom is -0.270 e. The Morgan fingerprint density at radius 3 is 2.31 bits per heavy atom. The number of benzene rings is 1. The molecule has 0 N–H and O–H groups in total. The molecule has 0 saturated carbocycles. The molecule has 16 heavy (non-hydrogen) atoms. The molecule has 0 saturated heterocycles. The smallest absolute Gasteiger partial charge is 0.264 e. The first-order valence-electron chi connectivity index (χ1n) is 4.67. The van der Waals surface area contributed by atoms with E-state index >= 15 is 0 Å². The Kier molecular flexibility index (Phi) is 5.05. The van der Waals surface area contributed by atoms with E-state index in [2.05, 4.69) is 4.18 Å². The molecular weight excluding hydrogens is 271 g/mol. The van der Waals surface area contributed by atoms with Crippen molar-refractivity contribution in [2.45, 2.75) is 12.8 Å². The summed E-state index contributed by atoms with van der Waals surface area (Å²) in [6, 6.07) is 5.27. The first-order valence-corrected chi connectivity index (χ1v) is 7.24. The standard InChI is InChI=1S/C10H12Cl2O3S/c1-16(13,14)15-7-3-4-8-9(11)5-2-6-10(8)12/h2,5-6H,3-4,7H2,1H3. The Morgan fingerprint density at radius 1 is 1.25 bits per heavy atom. The Hall–Kier alpha value is -0.290. The lowest BCUT2D eigenvalue weighted by molar-refractivity contribution is 0.316. The molecule has 0 atom stereocenters. The molecule has 0 aliphatic rings. The Labute approximate surface area is 105 Å². The molecule has 0 spiro atoms. The van der Waals surface area contributed by atoms with Crippen molar-refractivity contribution in [2.24, 2.45) is 0 Å². The second-order valence-electron chi connectivity index (χ2n) is 3.33. The normalized spacial score (nSPS) is 11.7. The average Bonchev–Trinajstić information content (AvgIpc) is 2.14. The van der Waals surface area contributed by atoms with E-state index in [1.165, 1.54) is 0 Å². The third kappa shape index (κ3) is 4.70. The maximum absolute atomic E-state index is 10.7. The minimum absolute atomic E-state index is 0.139. The van der Waals surface area contributed by atoms with Crippen molar-refractivity contribution in [3.8, 4) is 0 Å². The van der Waals surface area contributed by atoms with Crippen LogP contribution in [0.5, 0.6) is 0 Å². The van der Waals surface area contributed by atoms with Gasteiger partial charge in [-0.2, -0.15) is 8.42 Å². The number of rotatable bonds is 5. The van der Waals surface area contributed by atoms with Crippen LogP contribution in [0.25, 0.3) is 0 Å². The van der Waals surface area contributed by atoms with Gasteiger partial charge in [-0.15, -0.1) is 0 Å². The lowest BCUT2D eigenvalue weighted by atomic mass is 10.1. The largest absolute Gasteiger partial charge is 0.270 e. The molecule has 3 nitrogen and oxygen atoms in total. The summed E-state index contributed by atoms with van der Waals surface area (Å²) in [4.78, 5) is 0. The SMILES string of the molecule is CS(=O)(=O)OCCCc1c(Cl)cccc1Cl. The quantitative estimate of drug-likeness (QED) is 0.616. The van der Waals surface area contributed by atoms with E-state index < -0.39 is 10.1 Å². The van der Waals surface area contributed by atoms with Gasteiger partial charge in [-0.3, -0.25) is 4.18 Å². The van der Waals surface area contributed by atoms with Crippen molar-refractivity contribution in [1.29, 1.82) is 0 Å². The number of halogens is 2. The summed E-state index contributed by atoms with van der Waals surface area (Å²) in [5, 5.41) is 1.18. The van der Waals surface area contributed by atoms with Gasteiger partial charge in [0.1, 0.15) is 0 Å². The summed E-state index contributed by atoms with van der Waals surface area (Å²) in [7, 11) is -3.36. The van der Waals surface area contributed by atoms with E-state index in [-0.39, 0.29) is 6.61 Å². The van der Waals surface area contributed by atoms with Crippen LogP contribution in [0, 0.1) is 0 Å². The van der Waals surface area contributed by atoms with Gasteiger partial charge in [0.05, 0.1) is 12.9 Å². The Morgan fingerprint density at radius 2 is 1.81 bits per heavy atom. The fraction of sp³-hybridized carbons (Fsp3) is 0.400. The van der Waals surface area contributed by atoms with Crippen LogP contribution in [-0.4, -0.2) is 21.3 Å². The first kappa shape index (κ1) is 13.8. The van der Waals surface area contributed by atoms with E-state index in [0.29, 0.717) is 22.9 Å². The molecule has 0 radical (unpaired) electrons. The third-order valence-electron chi connectivity index (χ3n) is 1.93. The van der Waals surface area contributed by atoms with Gasteiger partial charge in [0, 0.05) is 10.0 Å². The highest BCUT2D eigenvalue weighted by atomic mass is 35.5. The highest BCUT2D eigenvalue weighted by molar-refractivity contribution is 7.85. The van der Waals surface area contributed by atoms with E-state index in [1.54, 1.807) is 18.2 Å². The molecule has 1 rings (SSSR count). The maximum atomic E-state index is 10.7. The summed E-state index contributed by atoms with van der Waals surface area (Å²) in [6.45, 7) is 0.139. The highest BCUT2D eigenvalue weighted by Gasteiger charge is 2.06. The maximum Gasteiger partial charge on any atom is 0.264 e. The second-order valence-corrected chi connectivity index (χ2v) is 5.79. The predicted octanol–water partition coefficient (Wildman–Crippen LogP) is 2.90. The van der Waals surface area contributed by atoms with Crippen LogP contribution in [0.4, 0.5) is 0 Å². The molecule has 0 fully saturated rings. The van der Waals surface area contributed by atoms with Gasteiger partial charge in [0.15, 0.2) is 0 Å². The molecule has 0 amide bonds. The van der Waals surface area contributed by atoms with Gasteiger partial charge in [-0.05, 0) is 30.5 Å². The molecule has 6 heteroatoms. The Bertz CT molecular complexity index is 437. The van der Waals surface area contributed by atoms with Crippen LogP contribution < -0.4 is 0 Å². The lowest BCUT2D eigenvalue weighted by Crippen LogP contribution is -2.05. The van der Waals surface area contributed by atoms with Crippen LogP contribution in [0.15, 0.2) is 18.2 Å². The van der Waals surface area contributed by atoms with Gasteiger partial charge in [-0.25, -0.2) is 0 Å². The average molecular weight is 283 g/mol. The summed E-state index contributed by atoms with van der Waals surface area (Å²) in [5.41, 5.74) is 0.822. The third-order valence-corrected chi connectivity index (χ3v) is 3.23. The molecule has 90 valence electrons. The van der Waals surface area contributed by atoms with E-state index in [9.17, 15) is 8.42 Å². The van der Waals surface area contributed by atoms with Crippen molar-refractivity contribution in [1.82, 2.24) is 0 Å². The van der Waals surface area contributed by atoms with Crippen LogP contribution in [0.3, 0.4) is 0 Å². The van der Waals surface area contributed by atoms with E-state index in [1.807, 2.05) is 0 Å². The van der Waals surface area contributed by atoms with Gasteiger partial charge < -0.3 is 0 Å². The molecule has 0 aliphatic carbocycles. The molecule has 1 aromatic carbocycles. The topological polar surface area (TPSA) is 43.4 Å². The van der Waals surface area contributed by atoms with Crippen LogP contribution in [0.1, 0.15) is 12.0 Å². The molecule has 0 bridgehead atoms. The molecule has 0 heterocycles. The summed E-state index contributed by atoms with van der Waals surface area (Å²) in [5.74, 6) is 0. The van der Waals surface area contributed by atoms with Gasteiger partial charge in [0.25, 0.3) is 10.1 Å². The highest BCUT2D eigenvalue weighted by Crippen LogP contribution is 2.25.